The van der Waals surface area contributed by atoms with Gasteiger partial charge in [-0.2, -0.15) is 10.5 Å². The van der Waals surface area contributed by atoms with Crippen LogP contribution in [0.4, 0.5) is 0 Å². The first kappa shape index (κ1) is 30.4. The maximum atomic E-state index is 13.1. The maximum Gasteiger partial charge on any atom is 0.339 e. The maximum absolute atomic E-state index is 13.1. The van der Waals surface area contributed by atoms with E-state index in [0.29, 0.717) is 35.2 Å². The van der Waals surface area contributed by atoms with Crippen LogP contribution in [0, 0.1) is 46.3 Å². The molecule has 0 unspecified atom stereocenters. The molecular formula is C35H23N5O4. The van der Waals surface area contributed by atoms with Crippen molar-refractivity contribution >= 4 is 11.9 Å². The van der Waals surface area contributed by atoms with Gasteiger partial charge < -0.3 is 9.47 Å². The van der Waals surface area contributed by atoms with Gasteiger partial charge in [0.05, 0.1) is 24.3 Å². The van der Waals surface area contributed by atoms with E-state index in [-0.39, 0.29) is 24.6 Å². The molecule has 9 heteroatoms. The smallest absolute Gasteiger partial charge is 0.339 e. The van der Waals surface area contributed by atoms with Gasteiger partial charge in [0, 0.05) is 46.9 Å². The lowest BCUT2D eigenvalue weighted by atomic mass is 10.0. The third kappa shape index (κ3) is 8.72. The zero-order chi connectivity index (χ0) is 31.1. The highest BCUT2D eigenvalue weighted by Gasteiger charge is 2.13. The number of benzene rings is 2. The first-order valence-electron chi connectivity index (χ1n) is 13.3. The van der Waals surface area contributed by atoms with E-state index in [1.54, 1.807) is 30.5 Å². The van der Waals surface area contributed by atoms with Gasteiger partial charge in [0.1, 0.15) is 17.8 Å². The standard InChI is InChI=1S/C35H23N5O4/c1-2-34(41)43-17-3-4-18-44-35(42)32-19-26(9-16-33-39-22-27(20-36)23-40-33)8-13-29(32)12-7-25-5-10-28(11-6-25)30-14-15-31(21-37)38-24-30/h2,5-6,8,10-11,13-15,19,22-24H,1,3-4,17-18H2. The summed E-state index contributed by atoms with van der Waals surface area (Å²) in [5, 5.41) is 17.9. The molecule has 2 heterocycles. The zero-order valence-corrected chi connectivity index (χ0v) is 23.4. The van der Waals surface area contributed by atoms with E-state index in [4.69, 9.17) is 20.0 Å². The molecule has 212 valence electrons. The number of rotatable bonds is 8. The first-order valence-corrected chi connectivity index (χ1v) is 13.3. The Morgan fingerprint density at radius 3 is 2.07 bits per heavy atom. The van der Waals surface area contributed by atoms with Crippen molar-refractivity contribution in [3.63, 3.8) is 0 Å². The Kier molecular flexibility index (Phi) is 10.7. The highest BCUT2D eigenvalue weighted by atomic mass is 16.5. The lowest BCUT2D eigenvalue weighted by Gasteiger charge is -2.08. The summed E-state index contributed by atoms with van der Waals surface area (Å²) in [5.41, 5.74) is 4.40. The molecule has 44 heavy (non-hydrogen) atoms. The summed E-state index contributed by atoms with van der Waals surface area (Å²) in [4.78, 5) is 36.4. The summed E-state index contributed by atoms with van der Waals surface area (Å²) in [7, 11) is 0. The number of pyridine rings is 1. The topological polar surface area (TPSA) is 139 Å². The molecule has 0 saturated carbocycles. The van der Waals surface area contributed by atoms with E-state index in [1.165, 1.54) is 12.4 Å². The predicted molar refractivity (Wildman–Crippen MR) is 160 cm³/mol. The average molecular weight is 578 g/mol. The highest BCUT2D eigenvalue weighted by molar-refractivity contribution is 5.93. The van der Waals surface area contributed by atoms with Crippen molar-refractivity contribution in [1.29, 1.82) is 10.5 Å². The van der Waals surface area contributed by atoms with Crippen molar-refractivity contribution in [2.24, 2.45) is 0 Å². The molecule has 0 spiro atoms. The van der Waals surface area contributed by atoms with Crippen LogP contribution in [0.25, 0.3) is 11.1 Å². The van der Waals surface area contributed by atoms with Gasteiger partial charge in [0.25, 0.3) is 0 Å². The molecule has 2 aromatic carbocycles. The Balaban J connectivity index is 1.53. The van der Waals surface area contributed by atoms with Crippen LogP contribution in [0.1, 0.15) is 57.0 Å². The Hall–Kier alpha value is -6.55. The second-order valence-corrected chi connectivity index (χ2v) is 9.00. The summed E-state index contributed by atoms with van der Waals surface area (Å²) in [5.74, 6) is 11.1. The number of nitrogens with zero attached hydrogens (tertiary/aromatic N) is 5. The van der Waals surface area contributed by atoms with E-state index in [0.717, 1.165) is 22.8 Å². The molecule has 0 amide bonds. The Labute approximate surface area is 254 Å². The van der Waals surface area contributed by atoms with Crippen LogP contribution in [0.3, 0.4) is 0 Å². The Morgan fingerprint density at radius 1 is 0.727 bits per heavy atom. The summed E-state index contributed by atoms with van der Waals surface area (Å²) >= 11 is 0. The highest BCUT2D eigenvalue weighted by Crippen LogP contribution is 2.19. The second-order valence-electron chi connectivity index (χ2n) is 9.00. The molecule has 9 nitrogen and oxygen atoms in total. The van der Waals surface area contributed by atoms with Crippen molar-refractivity contribution in [3.8, 4) is 46.9 Å². The predicted octanol–water partition coefficient (Wildman–Crippen LogP) is 4.75. The fourth-order valence-electron chi connectivity index (χ4n) is 3.67. The normalized spacial score (nSPS) is 9.59. The minimum atomic E-state index is -0.570. The van der Waals surface area contributed by atoms with Gasteiger partial charge in [0.15, 0.2) is 0 Å². The van der Waals surface area contributed by atoms with Gasteiger partial charge in [0.2, 0.25) is 5.82 Å². The zero-order valence-electron chi connectivity index (χ0n) is 23.4. The number of aromatic nitrogens is 3. The average Bonchev–Trinajstić information content (AvgIpc) is 3.08. The van der Waals surface area contributed by atoms with Crippen molar-refractivity contribution < 1.29 is 19.1 Å². The third-order valence-corrected chi connectivity index (χ3v) is 5.96. The summed E-state index contributed by atoms with van der Waals surface area (Å²) in [6, 6.07) is 20.0. The molecule has 0 bridgehead atoms. The molecule has 2 aromatic heterocycles. The molecular weight excluding hydrogens is 554 g/mol. The minimum absolute atomic E-state index is 0.123. The fourth-order valence-corrected chi connectivity index (χ4v) is 3.67. The second kappa shape index (κ2) is 15.5. The Bertz CT molecular complexity index is 1880. The van der Waals surface area contributed by atoms with Gasteiger partial charge >= 0.3 is 11.9 Å². The van der Waals surface area contributed by atoms with Crippen molar-refractivity contribution in [2.75, 3.05) is 13.2 Å². The van der Waals surface area contributed by atoms with Crippen molar-refractivity contribution in [3.05, 3.63) is 125 Å². The Morgan fingerprint density at radius 2 is 1.41 bits per heavy atom. The minimum Gasteiger partial charge on any atom is -0.463 e. The molecule has 0 aliphatic rings. The van der Waals surface area contributed by atoms with E-state index in [2.05, 4.69) is 45.2 Å². The van der Waals surface area contributed by atoms with E-state index < -0.39 is 11.9 Å². The fraction of sp³-hybridized carbons (Fsp3) is 0.114. The van der Waals surface area contributed by atoms with Crippen LogP contribution >= 0.6 is 0 Å². The van der Waals surface area contributed by atoms with Gasteiger partial charge in [-0.15, -0.1) is 0 Å². The lowest BCUT2D eigenvalue weighted by Crippen LogP contribution is -2.10. The molecule has 0 fully saturated rings. The van der Waals surface area contributed by atoms with E-state index >= 15 is 0 Å². The number of unbranched alkanes of at least 4 members (excludes halogenated alkanes) is 1. The van der Waals surface area contributed by atoms with Crippen molar-refractivity contribution in [2.45, 2.75) is 12.8 Å². The van der Waals surface area contributed by atoms with Gasteiger partial charge in [-0.1, -0.05) is 36.5 Å². The van der Waals surface area contributed by atoms with Crippen LogP contribution < -0.4 is 0 Å². The first-order chi connectivity index (χ1) is 21.5. The molecule has 0 aliphatic carbocycles. The molecule has 4 aromatic rings. The van der Waals surface area contributed by atoms with Crippen LogP contribution in [0.5, 0.6) is 0 Å². The van der Waals surface area contributed by atoms with Gasteiger partial charge in [-0.05, 0) is 66.8 Å². The number of hydrogen-bond acceptors (Lipinski definition) is 9. The number of nitriles is 2. The van der Waals surface area contributed by atoms with Crippen molar-refractivity contribution in [1.82, 2.24) is 15.0 Å². The summed E-state index contributed by atoms with van der Waals surface area (Å²) in [6.45, 7) is 3.67. The van der Waals surface area contributed by atoms with Gasteiger partial charge in [-0.3, -0.25) is 0 Å². The third-order valence-electron chi connectivity index (χ3n) is 5.96. The molecule has 0 radical (unpaired) electrons. The molecule has 0 N–H and O–H groups in total. The van der Waals surface area contributed by atoms with Crippen LogP contribution in [0.2, 0.25) is 0 Å². The van der Waals surface area contributed by atoms with E-state index in [1.807, 2.05) is 42.5 Å². The largest absolute Gasteiger partial charge is 0.463 e. The molecule has 0 saturated heterocycles. The van der Waals surface area contributed by atoms with E-state index in [9.17, 15) is 9.59 Å². The van der Waals surface area contributed by atoms with Gasteiger partial charge in [-0.25, -0.2) is 24.5 Å². The summed E-state index contributed by atoms with van der Waals surface area (Å²) in [6.07, 6.45) is 6.50. The molecule has 4 rings (SSSR count). The summed E-state index contributed by atoms with van der Waals surface area (Å²) < 4.78 is 10.4. The SMILES string of the molecule is C=CC(=O)OCCCCOC(=O)c1cc(C#Cc2ncc(C#N)cn2)ccc1C#Cc1ccc(-c2ccc(C#N)nc2)cc1. The number of carbonyl (C=O) groups is 2. The lowest BCUT2D eigenvalue weighted by molar-refractivity contribution is -0.137. The monoisotopic (exact) mass is 577 g/mol. The molecule has 0 aliphatic heterocycles. The quantitative estimate of drug-likeness (QED) is 0.126. The molecule has 0 atom stereocenters. The van der Waals surface area contributed by atoms with Crippen LogP contribution in [-0.2, 0) is 14.3 Å². The number of hydrogen-bond donors (Lipinski definition) is 0. The number of ether oxygens (including phenoxy) is 2. The number of carbonyl (C=O) groups excluding carboxylic acids is 2. The van der Waals surface area contributed by atoms with Crippen LogP contribution in [-0.4, -0.2) is 40.1 Å². The van der Waals surface area contributed by atoms with Crippen LogP contribution in [0.15, 0.2) is 85.8 Å². The number of esters is 2.